The van der Waals surface area contributed by atoms with Crippen molar-refractivity contribution in [3.63, 3.8) is 0 Å². The fourth-order valence-electron chi connectivity index (χ4n) is 2.85. The summed E-state index contributed by atoms with van der Waals surface area (Å²) in [4.78, 5) is 12.3. The topological polar surface area (TPSA) is 88.1 Å². The van der Waals surface area contributed by atoms with Crippen molar-refractivity contribution in [3.8, 4) is 5.75 Å². The van der Waals surface area contributed by atoms with Gasteiger partial charge in [-0.2, -0.15) is 5.10 Å². The number of hydrogen-bond acceptors (Lipinski definition) is 5. The van der Waals surface area contributed by atoms with Crippen molar-refractivity contribution >= 4 is 39.4 Å². The van der Waals surface area contributed by atoms with Gasteiger partial charge in [-0.3, -0.25) is 9.10 Å². The van der Waals surface area contributed by atoms with Crippen molar-refractivity contribution in [2.45, 2.75) is 13.5 Å². The van der Waals surface area contributed by atoms with Gasteiger partial charge in [-0.25, -0.2) is 13.8 Å². The maximum absolute atomic E-state index is 12.3. The van der Waals surface area contributed by atoms with Crippen LogP contribution < -0.4 is 14.5 Å². The minimum Gasteiger partial charge on any atom is -0.489 e. The van der Waals surface area contributed by atoms with Gasteiger partial charge in [0, 0.05) is 5.02 Å². The van der Waals surface area contributed by atoms with E-state index in [0.29, 0.717) is 23.1 Å². The number of ether oxygens (including phenoxy) is 1. The molecular formula is C24H24ClN3O4S. The Labute approximate surface area is 198 Å². The summed E-state index contributed by atoms with van der Waals surface area (Å²) in [6, 6.07) is 21.5. The number of halogens is 1. The van der Waals surface area contributed by atoms with Crippen LogP contribution in [0.3, 0.4) is 0 Å². The van der Waals surface area contributed by atoms with Gasteiger partial charge in [-0.05, 0) is 66.6 Å². The third-order valence-corrected chi connectivity index (χ3v) is 6.00. The number of hydrazone groups is 1. The van der Waals surface area contributed by atoms with E-state index < -0.39 is 15.9 Å². The van der Waals surface area contributed by atoms with Crippen LogP contribution in [0.5, 0.6) is 5.75 Å². The lowest BCUT2D eigenvalue weighted by molar-refractivity contribution is -0.119. The van der Waals surface area contributed by atoms with Crippen LogP contribution in [0.25, 0.3) is 0 Å². The molecule has 0 fully saturated rings. The molecule has 0 atom stereocenters. The van der Waals surface area contributed by atoms with Crippen LogP contribution in [0, 0.1) is 6.92 Å². The lowest BCUT2D eigenvalue weighted by Gasteiger charge is -2.21. The van der Waals surface area contributed by atoms with E-state index >= 15 is 0 Å². The number of rotatable bonds is 9. The average molecular weight is 486 g/mol. The highest BCUT2D eigenvalue weighted by atomic mass is 35.5. The molecular weight excluding hydrogens is 462 g/mol. The Bertz CT molecular complexity index is 1210. The van der Waals surface area contributed by atoms with Gasteiger partial charge in [0.25, 0.3) is 5.91 Å². The maximum Gasteiger partial charge on any atom is 0.260 e. The molecule has 0 unspecified atom stereocenters. The van der Waals surface area contributed by atoms with Gasteiger partial charge < -0.3 is 4.74 Å². The van der Waals surface area contributed by atoms with E-state index in [9.17, 15) is 13.2 Å². The van der Waals surface area contributed by atoms with E-state index in [-0.39, 0.29) is 6.54 Å². The van der Waals surface area contributed by atoms with E-state index in [1.807, 2.05) is 31.2 Å². The molecule has 33 heavy (non-hydrogen) atoms. The molecule has 0 spiro atoms. The first-order chi connectivity index (χ1) is 15.7. The number of benzene rings is 3. The molecule has 0 saturated heterocycles. The predicted molar refractivity (Wildman–Crippen MR) is 131 cm³/mol. The lowest BCUT2D eigenvalue weighted by Crippen LogP contribution is -2.39. The van der Waals surface area contributed by atoms with Gasteiger partial charge in [-0.15, -0.1) is 0 Å². The van der Waals surface area contributed by atoms with Crippen LogP contribution in [0.2, 0.25) is 5.02 Å². The molecule has 0 heterocycles. The Kier molecular flexibility index (Phi) is 8.08. The minimum absolute atomic E-state index is 0.378. The quantitative estimate of drug-likeness (QED) is 0.364. The molecule has 3 aromatic rings. The number of aryl methyl sites for hydroxylation is 1. The van der Waals surface area contributed by atoms with Crippen molar-refractivity contribution in [1.82, 2.24) is 5.43 Å². The summed E-state index contributed by atoms with van der Waals surface area (Å²) in [5, 5.41) is 4.59. The standard InChI is InChI=1S/C24H24ClN3O4S/c1-18-3-11-22(12-4-18)28(33(2,30)31)16-24(29)27-26-15-19-7-13-23(14-8-19)32-17-20-5-9-21(25)10-6-20/h3-15H,16-17H2,1-2H3,(H,27,29)/b26-15-. The number of amides is 1. The third kappa shape index (κ3) is 7.62. The molecule has 1 N–H and O–H groups in total. The summed E-state index contributed by atoms with van der Waals surface area (Å²) in [5.74, 6) is 0.133. The van der Waals surface area contributed by atoms with E-state index in [1.165, 1.54) is 6.21 Å². The monoisotopic (exact) mass is 485 g/mol. The highest BCUT2D eigenvalue weighted by Gasteiger charge is 2.20. The number of nitrogens with zero attached hydrogens (tertiary/aromatic N) is 2. The van der Waals surface area contributed by atoms with Crippen LogP contribution in [-0.2, 0) is 21.4 Å². The molecule has 0 aliphatic carbocycles. The van der Waals surface area contributed by atoms with Gasteiger partial charge in [0.05, 0.1) is 18.2 Å². The fraction of sp³-hybridized carbons (Fsp3) is 0.167. The number of carbonyl (C=O) groups excluding carboxylic acids is 1. The molecule has 7 nitrogen and oxygen atoms in total. The predicted octanol–water partition coefficient (Wildman–Crippen LogP) is 4.14. The zero-order valence-corrected chi connectivity index (χ0v) is 19.8. The second-order valence-electron chi connectivity index (χ2n) is 7.38. The number of hydrogen-bond donors (Lipinski definition) is 1. The Balaban J connectivity index is 1.53. The first-order valence-corrected chi connectivity index (χ1v) is 12.3. The molecule has 3 aromatic carbocycles. The summed E-state index contributed by atoms with van der Waals surface area (Å²) >= 11 is 5.88. The lowest BCUT2D eigenvalue weighted by atomic mass is 10.2. The van der Waals surface area contributed by atoms with Crippen molar-refractivity contribution < 1.29 is 17.9 Å². The van der Waals surface area contributed by atoms with Crippen LogP contribution in [-0.4, -0.2) is 33.3 Å². The van der Waals surface area contributed by atoms with Crippen LogP contribution in [0.1, 0.15) is 16.7 Å². The van der Waals surface area contributed by atoms with Crippen molar-refractivity contribution in [3.05, 3.63) is 94.5 Å². The molecule has 0 saturated carbocycles. The second kappa shape index (κ2) is 11.0. The first-order valence-electron chi connectivity index (χ1n) is 10.0. The minimum atomic E-state index is -3.64. The zero-order chi connectivity index (χ0) is 23.8. The highest BCUT2D eigenvalue weighted by Crippen LogP contribution is 2.18. The first kappa shape index (κ1) is 24.3. The van der Waals surface area contributed by atoms with Crippen molar-refractivity contribution in [2.75, 3.05) is 17.1 Å². The summed E-state index contributed by atoms with van der Waals surface area (Å²) in [7, 11) is -3.64. The maximum atomic E-state index is 12.3. The summed E-state index contributed by atoms with van der Waals surface area (Å²) < 4.78 is 31.0. The Hall–Kier alpha value is -3.36. The fourth-order valence-corrected chi connectivity index (χ4v) is 3.84. The number of nitrogens with one attached hydrogen (secondary N) is 1. The zero-order valence-electron chi connectivity index (χ0n) is 18.2. The van der Waals surface area contributed by atoms with Gasteiger partial charge in [0.2, 0.25) is 10.0 Å². The smallest absolute Gasteiger partial charge is 0.260 e. The molecule has 0 bridgehead atoms. The van der Waals surface area contributed by atoms with E-state index in [1.54, 1.807) is 48.5 Å². The molecule has 172 valence electrons. The Morgan fingerprint density at radius 3 is 2.27 bits per heavy atom. The van der Waals surface area contributed by atoms with Gasteiger partial charge >= 0.3 is 0 Å². The van der Waals surface area contributed by atoms with Crippen LogP contribution >= 0.6 is 11.6 Å². The van der Waals surface area contributed by atoms with Crippen LogP contribution in [0.15, 0.2) is 77.9 Å². The molecule has 0 aromatic heterocycles. The van der Waals surface area contributed by atoms with Crippen molar-refractivity contribution in [1.29, 1.82) is 0 Å². The number of carbonyl (C=O) groups is 1. The normalized spacial score (nSPS) is 11.4. The molecule has 3 rings (SSSR count). The third-order valence-electron chi connectivity index (χ3n) is 4.61. The Morgan fingerprint density at radius 2 is 1.67 bits per heavy atom. The Morgan fingerprint density at radius 1 is 1.03 bits per heavy atom. The highest BCUT2D eigenvalue weighted by molar-refractivity contribution is 7.92. The van der Waals surface area contributed by atoms with Gasteiger partial charge in [0.1, 0.15) is 18.9 Å². The largest absolute Gasteiger partial charge is 0.489 e. The summed E-state index contributed by atoms with van der Waals surface area (Å²) in [5.41, 5.74) is 5.51. The second-order valence-corrected chi connectivity index (χ2v) is 9.73. The van der Waals surface area contributed by atoms with Gasteiger partial charge in [0.15, 0.2) is 0 Å². The molecule has 0 aliphatic heterocycles. The van der Waals surface area contributed by atoms with E-state index in [0.717, 1.165) is 27.3 Å². The molecule has 0 radical (unpaired) electrons. The van der Waals surface area contributed by atoms with E-state index in [2.05, 4.69) is 10.5 Å². The summed E-state index contributed by atoms with van der Waals surface area (Å²) in [6.45, 7) is 1.93. The summed E-state index contributed by atoms with van der Waals surface area (Å²) in [6.07, 6.45) is 2.53. The number of anilines is 1. The SMILES string of the molecule is Cc1ccc(N(CC(=O)N/N=C\c2ccc(OCc3ccc(Cl)cc3)cc2)S(C)(=O)=O)cc1. The van der Waals surface area contributed by atoms with Crippen LogP contribution in [0.4, 0.5) is 5.69 Å². The van der Waals surface area contributed by atoms with Gasteiger partial charge in [-0.1, -0.05) is 41.4 Å². The number of sulfonamides is 1. The average Bonchev–Trinajstić information content (AvgIpc) is 2.78. The van der Waals surface area contributed by atoms with Crippen molar-refractivity contribution in [2.24, 2.45) is 5.10 Å². The van der Waals surface area contributed by atoms with E-state index in [4.69, 9.17) is 16.3 Å². The molecule has 0 aliphatic rings. The molecule has 9 heteroatoms. The molecule has 1 amide bonds.